The van der Waals surface area contributed by atoms with Crippen LogP contribution >= 0.6 is 0 Å². The second-order valence-corrected chi connectivity index (χ2v) is 2.79. The van der Waals surface area contributed by atoms with E-state index in [0.717, 1.165) is 12.1 Å². The van der Waals surface area contributed by atoms with E-state index in [1.54, 1.807) is 0 Å². The lowest BCUT2D eigenvalue weighted by Gasteiger charge is -2.15. The molecule has 2 unspecified atom stereocenters. The van der Waals surface area contributed by atoms with Crippen LogP contribution in [0.2, 0.25) is 0 Å². The summed E-state index contributed by atoms with van der Waals surface area (Å²) in [6.45, 7) is -0.202. The minimum atomic E-state index is -1.41. The molecule has 0 radical (unpaired) electrons. The van der Waals surface area contributed by atoms with Gasteiger partial charge in [0.25, 0.3) is 0 Å². The number of nitrogens with zero attached hydrogens (tertiary/aromatic N) is 1. The van der Waals surface area contributed by atoms with Crippen LogP contribution in [0.1, 0.15) is 11.7 Å². The van der Waals surface area contributed by atoms with E-state index in [4.69, 9.17) is 10.8 Å². The van der Waals surface area contributed by atoms with E-state index in [-0.39, 0.29) is 12.1 Å². The van der Waals surface area contributed by atoms with E-state index in [0.29, 0.717) is 0 Å². The van der Waals surface area contributed by atoms with E-state index < -0.39 is 24.1 Å². The van der Waals surface area contributed by atoms with Crippen LogP contribution in [0, 0.1) is 11.9 Å². The summed E-state index contributed by atoms with van der Waals surface area (Å²) in [5.74, 6) is -2.11. The first-order valence-electron chi connectivity index (χ1n) is 3.93. The van der Waals surface area contributed by atoms with Gasteiger partial charge in [0.15, 0.2) is 0 Å². The number of hydrogen-bond acceptors (Lipinski definition) is 4. The van der Waals surface area contributed by atoms with Gasteiger partial charge in [0.1, 0.15) is 6.10 Å². The Bertz CT molecular complexity index is 302. The van der Waals surface area contributed by atoms with Gasteiger partial charge in [0.05, 0.1) is 6.10 Å². The van der Waals surface area contributed by atoms with Crippen molar-refractivity contribution in [2.45, 2.75) is 12.2 Å². The topological polar surface area (TPSA) is 79.4 Å². The normalized spacial score (nSPS) is 15.2. The van der Waals surface area contributed by atoms with Gasteiger partial charge >= 0.3 is 0 Å². The summed E-state index contributed by atoms with van der Waals surface area (Å²) in [7, 11) is 0. The number of hydrogen-bond donors (Lipinski definition) is 3. The van der Waals surface area contributed by atoms with Gasteiger partial charge in [-0.25, -0.2) is 0 Å². The number of aliphatic hydroxyl groups is 2. The molecule has 0 aliphatic carbocycles. The largest absolute Gasteiger partial charge is 0.389 e. The van der Waals surface area contributed by atoms with Crippen LogP contribution in [0.25, 0.3) is 0 Å². The zero-order chi connectivity index (χ0) is 10.7. The Morgan fingerprint density at radius 1 is 1.29 bits per heavy atom. The summed E-state index contributed by atoms with van der Waals surface area (Å²) in [4.78, 5) is 2.84. The highest BCUT2D eigenvalue weighted by Gasteiger charge is 2.18. The minimum Gasteiger partial charge on any atom is -0.389 e. The Morgan fingerprint density at radius 3 is 2.21 bits per heavy atom. The average Bonchev–Trinajstić information content (AvgIpc) is 2.14. The van der Waals surface area contributed by atoms with Crippen molar-refractivity contribution >= 4 is 0 Å². The molecule has 78 valence electrons. The third-order valence-electron chi connectivity index (χ3n) is 1.73. The molecule has 1 aromatic heterocycles. The summed E-state index contributed by atoms with van der Waals surface area (Å²) >= 11 is 0. The first-order chi connectivity index (χ1) is 6.54. The van der Waals surface area contributed by atoms with Crippen molar-refractivity contribution in [2.75, 3.05) is 6.54 Å². The highest BCUT2D eigenvalue weighted by Crippen LogP contribution is 2.17. The Labute approximate surface area is 79.0 Å². The number of aromatic nitrogens is 1. The van der Waals surface area contributed by atoms with Crippen LogP contribution in [-0.2, 0) is 0 Å². The van der Waals surface area contributed by atoms with Gasteiger partial charge in [-0.3, -0.25) is 0 Å². The Kier molecular flexibility index (Phi) is 3.45. The summed E-state index contributed by atoms with van der Waals surface area (Å²) in [6, 6.07) is 1.68. The monoisotopic (exact) mass is 204 g/mol. The molecule has 4 N–H and O–H groups in total. The molecule has 1 heterocycles. The molecule has 0 amide bonds. The van der Waals surface area contributed by atoms with Crippen LogP contribution in [0.3, 0.4) is 0 Å². The van der Waals surface area contributed by atoms with Crippen LogP contribution in [0.4, 0.5) is 8.78 Å². The maximum absolute atomic E-state index is 12.6. The van der Waals surface area contributed by atoms with Crippen LogP contribution in [-0.4, -0.2) is 27.8 Å². The highest BCUT2D eigenvalue weighted by molar-refractivity contribution is 5.16. The molecule has 4 nitrogen and oxygen atoms in total. The predicted molar refractivity (Wildman–Crippen MR) is 44.2 cm³/mol. The Morgan fingerprint density at radius 2 is 1.79 bits per heavy atom. The lowest BCUT2D eigenvalue weighted by atomic mass is 10.1. The summed E-state index contributed by atoms with van der Waals surface area (Å²) in [5.41, 5.74) is 4.98. The van der Waals surface area contributed by atoms with Gasteiger partial charge in [-0.2, -0.15) is 13.8 Å². The second kappa shape index (κ2) is 4.41. The van der Waals surface area contributed by atoms with Crippen LogP contribution in [0.15, 0.2) is 12.1 Å². The minimum absolute atomic E-state index is 0.0899. The molecule has 0 saturated carbocycles. The van der Waals surface area contributed by atoms with Gasteiger partial charge in [-0.05, 0) is 17.7 Å². The fourth-order valence-electron chi connectivity index (χ4n) is 1.01. The molecule has 0 aliphatic heterocycles. The lowest BCUT2D eigenvalue weighted by molar-refractivity contribution is 0.0238. The molecule has 1 aromatic rings. The lowest BCUT2D eigenvalue weighted by Crippen LogP contribution is -2.27. The van der Waals surface area contributed by atoms with E-state index in [2.05, 4.69) is 4.98 Å². The quantitative estimate of drug-likeness (QED) is 0.591. The maximum Gasteiger partial charge on any atom is 0.215 e. The molecule has 0 aliphatic rings. The van der Waals surface area contributed by atoms with E-state index >= 15 is 0 Å². The van der Waals surface area contributed by atoms with Crippen molar-refractivity contribution in [1.29, 1.82) is 0 Å². The number of rotatable bonds is 3. The molecule has 0 bridgehead atoms. The molecule has 0 spiro atoms. The van der Waals surface area contributed by atoms with Crippen molar-refractivity contribution in [3.63, 3.8) is 0 Å². The fourth-order valence-corrected chi connectivity index (χ4v) is 1.01. The number of halogens is 2. The van der Waals surface area contributed by atoms with Gasteiger partial charge in [0, 0.05) is 6.54 Å². The van der Waals surface area contributed by atoms with Crippen molar-refractivity contribution < 1.29 is 19.0 Å². The maximum atomic E-state index is 12.6. The molecule has 6 heteroatoms. The number of pyridine rings is 1. The molecule has 0 fully saturated rings. The first-order valence-corrected chi connectivity index (χ1v) is 3.93. The SMILES string of the molecule is NCC(O)C(O)c1cc(F)nc(F)c1. The van der Waals surface area contributed by atoms with Gasteiger partial charge in [-0.1, -0.05) is 0 Å². The molecule has 2 atom stereocenters. The van der Waals surface area contributed by atoms with Gasteiger partial charge < -0.3 is 15.9 Å². The standard InChI is InChI=1S/C8H10F2N2O2/c9-6-1-4(2-7(10)12-6)8(14)5(13)3-11/h1-2,5,8,13-14H,3,11H2. The molecule has 0 aromatic carbocycles. The third kappa shape index (κ3) is 2.44. The average molecular weight is 204 g/mol. The van der Waals surface area contributed by atoms with Crippen molar-refractivity contribution in [3.05, 3.63) is 29.6 Å². The van der Waals surface area contributed by atoms with Crippen molar-refractivity contribution in [2.24, 2.45) is 5.73 Å². The molecular weight excluding hydrogens is 194 g/mol. The molecule has 0 saturated heterocycles. The summed E-state index contributed by atoms with van der Waals surface area (Å²) in [6.07, 6.45) is -2.66. The second-order valence-electron chi connectivity index (χ2n) is 2.79. The zero-order valence-electron chi connectivity index (χ0n) is 7.19. The van der Waals surface area contributed by atoms with Gasteiger partial charge in [0.2, 0.25) is 11.9 Å². The molecule has 1 rings (SSSR count). The van der Waals surface area contributed by atoms with Gasteiger partial charge in [-0.15, -0.1) is 0 Å². The highest BCUT2D eigenvalue weighted by atomic mass is 19.1. The third-order valence-corrected chi connectivity index (χ3v) is 1.73. The summed E-state index contributed by atoms with van der Waals surface area (Å²) in [5, 5.41) is 18.5. The van der Waals surface area contributed by atoms with E-state index in [9.17, 15) is 13.9 Å². The van der Waals surface area contributed by atoms with Crippen LogP contribution < -0.4 is 5.73 Å². The van der Waals surface area contributed by atoms with E-state index in [1.807, 2.05) is 0 Å². The fraction of sp³-hybridized carbons (Fsp3) is 0.375. The molecular formula is C8H10F2N2O2. The number of aliphatic hydroxyl groups excluding tert-OH is 2. The van der Waals surface area contributed by atoms with Crippen molar-refractivity contribution in [1.82, 2.24) is 4.98 Å². The Balaban J connectivity index is 2.94. The first kappa shape index (κ1) is 11.0. The Hall–Kier alpha value is -1.11. The summed E-state index contributed by atoms with van der Waals surface area (Å²) < 4.78 is 25.2. The van der Waals surface area contributed by atoms with Crippen molar-refractivity contribution in [3.8, 4) is 0 Å². The molecule has 14 heavy (non-hydrogen) atoms. The smallest absolute Gasteiger partial charge is 0.215 e. The predicted octanol–water partition coefficient (Wildman–Crippen LogP) is -0.287. The number of nitrogens with two attached hydrogens (primary N) is 1. The zero-order valence-corrected chi connectivity index (χ0v) is 7.19. The van der Waals surface area contributed by atoms with E-state index in [1.165, 1.54) is 0 Å². The van der Waals surface area contributed by atoms with Crippen LogP contribution in [0.5, 0.6) is 0 Å².